The van der Waals surface area contributed by atoms with Crippen molar-refractivity contribution in [2.24, 2.45) is 0 Å². The first-order valence-corrected chi connectivity index (χ1v) is 7.53. The van der Waals surface area contributed by atoms with E-state index in [0.29, 0.717) is 5.69 Å². The highest BCUT2D eigenvalue weighted by atomic mass is 32.1. The van der Waals surface area contributed by atoms with Crippen molar-refractivity contribution in [3.8, 4) is 10.6 Å². The smallest absolute Gasteiger partial charge is 0.307 e. The topological polar surface area (TPSA) is 68.3 Å². The molecule has 0 aliphatic heterocycles. The lowest BCUT2D eigenvalue weighted by atomic mass is 10.2. The van der Waals surface area contributed by atoms with E-state index in [2.05, 4.69) is 10.3 Å². The van der Waals surface area contributed by atoms with E-state index in [-0.39, 0.29) is 31.3 Å². The number of hydrogen-bond donors (Lipinski definition) is 1. The molecule has 1 amide bonds. The third kappa shape index (κ3) is 4.92. The van der Waals surface area contributed by atoms with Crippen molar-refractivity contribution < 1.29 is 18.7 Å². The van der Waals surface area contributed by atoms with Gasteiger partial charge >= 0.3 is 5.97 Å². The maximum atomic E-state index is 12.9. The molecule has 0 bridgehead atoms. The third-order valence-electron chi connectivity index (χ3n) is 2.73. The van der Waals surface area contributed by atoms with E-state index in [9.17, 15) is 14.0 Å². The molecule has 2 rings (SSSR count). The predicted molar refractivity (Wildman–Crippen MR) is 80.6 cm³/mol. The molecule has 1 aromatic heterocycles. The van der Waals surface area contributed by atoms with E-state index >= 15 is 0 Å². The Morgan fingerprint density at radius 1 is 1.32 bits per heavy atom. The van der Waals surface area contributed by atoms with Gasteiger partial charge in [-0.1, -0.05) is 0 Å². The molecular formula is C15H15FN2O3S. The number of thiazole rings is 1. The van der Waals surface area contributed by atoms with Gasteiger partial charge in [0, 0.05) is 24.4 Å². The van der Waals surface area contributed by atoms with Gasteiger partial charge in [-0.15, -0.1) is 11.3 Å². The minimum Gasteiger partial charge on any atom is -0.459 e. The zero-order chi connectivity index (χ0) is 15.9. The summed E-state index contributed by atoms with van der Waals surface area (Å²) in [6, 6.07) is 6.05. The molecule has 0 saturated carbocycles. The Bertz CT molecular complexity index is 655. The van der Waals surface area contributed by atoms with Crippen LogP contribution in [0.5, 0.6) is 0 Å². The Hall–Kier alpha value is -2.28. The van der Waals surface area contributed by atoms with Crippen LogP contribution in [0.4, 0.5) is 4.39 Å². The molecule has 5 nitrogen and oxygen atoms in total. The molecule has 0 spiro atoms. The summed E-state index contributed by atoms with van der Waals surface area (Å²) in [4.78, 5) is 26.5. The van der Waals surface area contributed by atoms with Crippen LogP contribution in [0.1, 0.15) is 19.0 Å². The first-order valence-electron chi connectivity index (χ1n) is 6.65. The van der Waals surface area contributed by atoms with E-state index in [1.165, 1.54) is 30.4 Å². The molecule has 1 heterocycles. The summed E-state index contributed by atoms with van der Waals surface area (Å²) in [5.74, 6) is -0.880. The zero-order valence-corrected chi connectivity index (χ0v) is 12.8. The molecule has 116 valence electrons. The Kier molecular flexibility index (Phi) is 5.60. The lowest BCUT2D eigenvalue weighted by Gasteiger charge is -2.03. The quantitative estimate of drug-likeness (QED) is 0.830. The van der Waals surface area contributed by atoms with E-state index in [1.807, 2.05) is 0 Å². The van der Waals surface area contributed by atoms with Crippen LogP contribution in [0.2, 0.25) is 0 Å². The summed E-state index contributed by atoms with van der Waals surface area (Å²) >= 11 is 1.40. The van der Waals surface area contributed by atoms with E-state index < -0.39 is 5.97 Å². The molecular weight excluding hydrogens is 307 g/mol. The second-order valence-corrected chi connectivity index (χ2v) is 5.40. The maximum Gasteiger partial charge on any atom is 0.307 e. The summed E-state index contributed by atoms with van der Waals surface area (Å²) in [6.07, 6.45) is 0.120. The molecule has 7 heteroatoms. The lowest BCUT2D eigenvalue weighted by Crippen LogP contribution is -2.23. The number of rotatable bonds is 6. The highest BCUT2D eigenvalue weighted by molar-refractivity contribution is 7.13. The maximum absolute atomic E-state index is 12.9. The number of amides is 1. The molecule has 0 atom stereocenters. The van der Waals surface area contributed by atoms with Crippen molar-refractivity contribution in [3.05, 3.63) is 41.2 Å². The van der Waals surface area contributed by atoms with Gasteiger partial charge in [-0.25, -0.2) is 9.37 Å². The summed E-state index contributed by atoms with van der Waals surface area (Å²) in [7, 11) is 0. The molecule has 0 aliphatic carbocycles. The number of nitrogens with zero attached hydrogens (tertiary/aromatic N) is 1. The molecule has 0 unspecified atom stereocenters. The van der Waals surface area contributed by atoms with Crippen LogP contribution in [0.25, 0.3) is 10.6 Å². The fourth-order valence-electron chi connectivity index (χ4n) is 1.67. The highest BCUT2D eigenvalue weighted by Gasteiger charge is 2.08. The van der Waals surface area contributed by atoms with Gasteiger partial charge < -0.3 is 10.1 Å². The fraction of sp³-hybridized carbons (Fsp3) is 0.267. The molecule has 0 radical (unpaired) electrons. The second-order valence-electron chi connectivity index (χ2n) is 4.54. The van der Waals surface area contributed by atoms with E-state index in [0.717, 1.165) is 10.6 Å². The monoisotopic (exact) mass is 322 g/mol. The largest absolute Gasteiger partial charge is 0.459 e. The number of halogens is 1. The van der Waals surface area contributed by atoms with Crippen molar-refractivity contribution in [2.45, 2.75) is 20.0 Å². The normalized spacial score (nSPS) is 10.3. The molecule has 0 aliphatic rings. The van der Waals surface area contributed by atoms with Crippen LogP contribution in [-0.2, 0) is 20.9 Å². The first-order chi connectivity index (χ1) is 10.5. The Balaban J connectivity index is 1.83. The molecule has 22 heavy (non-hydrogen) atoms. The van der Waals surface area contributed by atoms with Gasteiger partial charge in [-0.05, 0) is 24.3 Å². The van der Waals surface area contributed by atoms with Crippen LogP contribution in [0.3, 0.4) is 0 Å². The molecule has 1 N–H and O–H groups in total. The van der Waals surface area contributed by atoms with Gasteiger partial charge in [-0.2, -0.15) is 0 Å². The number of ether oxygens (including phenoxy) is 1. The fourth-order valence-corrected chi connectivity index (χ4v) is 2.48. The second kappa shape index (κ2) is 7.65. The van der Waals surface area contributed by atoms with Crippen LogP contribution in [-0.4, -0.2) is 23.4 Å². The predicted octanol–water partition coefficient (Wildman–Crippen LogP) is 2.52. The van der Waals surface area contributed by atoms with Gasteiger partial charge in [0.05, 0.1) is 12.1 Å². The molecule has 0 fully saturated rings. The first kappa shape index (κ1) is 16.1. The van der Waals surface area contributed by atoms with Gasteiger partial charge in [0.2, 0.25) is 5.91 Å². The Morgan fingerprint density at radius 2 is 2.05 bits per heavy atom. The highest BCUT2D eigenvalue weighted by Crippen LogP contribution is 2.24. The van der Waals surface area contributed by atoms with Crippen LogP contribution >= 0.6 is 11.3 Å². The van der Waals surface area contributed by atoms with Gasteiger partial charge in [0.15, 0.2) is 0 Å². The van der Waals surface area contributed by atoms with E-state index in [4.69, 9.17) is 4.74 Å². The van der Waals surface area contributed by atoms with Crippen molar-refractivity contribution in [3.63, 3.8) is 0 Å². The van der Waals surface area contributed by atoms with Gasteiger partial charge in [0.25, 0.3) is 0 Å². The number of hydrogen-bond acceptors (Lipinski definition) is 5. The number of carbonyl (C=O) groups is 2. The number of nitrogens with one attached hydrogen (secondary N) is 1. The number of aromatic nitrogens is 1. The Labute approximate surface area is 131 Å². The van der Waals surface area contributed by atoms with Crippen LogP contribution in [0, 0.1) is 5.82 Å². The van der Waals surface area contributed by atoms with Crippen LogP contribution in [0.15, 0.2) is 29.6 Å². The van der Waals surface area contributed by atoms with Gasteiger partial charge in [-0.3, -0.25) is 9.59 Å². The summed E-state index contributed by atoms with van der Waals surface area (Å²) in [6.45, 7) is 1.72. The summed E-state index contributed by atoms with van der Waals surface area (Å²) in [5.41, 5.74) is 1.45. The van der Waals surface area contributed by atoms with Crippen molar-refractivity contribution in [1.82, 2.24) is 10.3 Å². The lowest BCUT2D eigenvalue weighted by molar-refractivity contribution is -0.144. The standard InChI is InChI=1S/C15H15FN2O3S/c1-10(19)17-7-6-14(20)21-8-13-9-22-15(18-13)11-2-4-12(16)5-3-11/h2-5,9H,6-8H2,1H3,(H,17,19). The molecule has 2 aromatic rings. The van der Waals surface area contributed by atoms with E-state index in [1.54, 1.807) is 17.5 Å². The average Bonchev–Trinajstić information content (AvgIpc) is 2.94. The minimum absolute atomic E-state index is 0.0800. The average molecular weight is 322 g/mol. The number of esters is 1. The molecule has 0 saturated heterocycles. The van der Waals surface area contributed by atoms with Crippen molar-refractivity contribution >= 4 is 23.2 Å². The number of benzene rings is 1. The minimum atomic E-state index is -0.398. The SMILES string of the molecule is CC(=O)NCCC(=O)OCc1csc(-c2ccc(F)cc2)n1. The zero-order valence-electron chi connectivity index (χ0n) is 12.0. The number of carbonyl (C=O) groups excluding carboxylic acids is 2. The van der Waals surface area contributed by atoms with Crippen molar-refractivity contribution in [1.29, 1.82) is 0 Å². The van der Waals surface area contributed by atoms with Gasteiger partial charge in [0.1, 0.15) is 17.4 Å². The summed E-state index contributed by atoms with van der Waals surface area (Å²) < 4.78 is 17.9. The summed E-state index contributed by atoms with van der Waals surface area (Å²) in [5, 5.41) is 5.05. The third-order valence-corrected chi connectivity index (χ3v) is 3.67. The van der Waals surface area contributed by atoms with Crippen LogP contribution < -0.4 is 5.32 Å². The van der Waals surface area contributed by atoms with Crippen molar-refractivity contribution in [2.75, 3.05) is 6.54 Å². The Morgan fingerprint density at radius 3 is 2.73 bits per heavy atom. The molecule has 1 aromatic carbocycles.